The Morgan fingerprint density at radius 2 is 1.68 bits per heavy atom. The smallest absolute Gasteiger partial charge is 0.416 e. The van der Waals surface area contributed by atoms with Crippen LogP contribution in [0.1, 0.15) is 28.4 Å². The third-order valence-corrected chi connectivity index (χ3v) is 3.86. The van der Waals surface area contributed by atoms with Crippen molar-refractivity contribution in [1.82, 2.24) is 10.6 Å². The van der Waals surface area contributed by atoms with Crippen molar-refractivity contribution in [3.05, 3.63) is 65.2 Å². The first-order valence-electron chi connectivity index (χ1n) is 8.74. The summed E-state index contributed by atoms with van der Waals surface area (Å²) in [5, 5.41) is 5.13. The Kier molecular flexibility index (Phi) is 7.43. The Hall–Kier alpha value is -3.03. The minimum absolute atomic E-state index is 0.216. The van der Waals surface area contributed by atoms with E-state index in [9.17, 15) is 22.8 Å². The molecule has 2 rings (SSSR count). The highest BCUT2D eigenvalue weighted by Gasteiger charge is 2.29. The van der Waals surface area contributed by atoms with Crippen molar-refractivity contribution in [3.8, 4) is 5.75 Å². The number of carbonyl (C=O) groups is 2. The Balaban J connectivity index is 1.76. The van der Waals surface area contributed by atoms with E-state index in [0.717, 1.165) is 12.1 Å². The van der Waals surface area contributed by atoms with Crippen LogP contribution in [0.25, 0.3) is 0 Å². The average molecular weight is 394 g/mol. The topological polar surface area (TPSA) is 67.4 Å². The standard InChI is InChI=1S/C20H21F3N2O3/c1-2-28-17-6-4-3-5-16(17)19(27)25-13-18(26)24-12-11-14-7-9-15(10-8-14)20(21,22)23/h3-10H,2,11-13H2,1H3,(H,24,26)(H,25,27). The fourth-order valence-corrected chi connectivity index (χ4v) is 2.46. The van der Waals surface area contributed by atoms with Gasteiger partial charge in [0.05, 0.1) is 24.3 Å². The van der Waals surface area contributed by atoms with Crippen molar-refractivity contribution in [2.45, 2.75) is 19.5 Å². The fourth-order valence-electron chi connectivity index (χ4n) is 2.46. The molecule has 2 amide bonds. The molecule has 0 aliphatic carbocycles. The number of hydrogen-bond acceptors (Lipinski definition) is 3. The highest BCUT2D eigenvalue weighted by atomic mass is 19.4. The van der Waals surface area contributed by atoms with Gasteiger partial charge in [0, 0.05) is 6.54 Å². The van der Waals surface area contributed by atoms with Gasteiger partial charge in [0.2, 0.25) is 5.91 Å². The molecule has 0 aliphatic rings. The number of halogens is 3. The van der Waals surface area contributed by atoms with E-state index in [2.05, 4.69) is 10.6 Å². The van der Waals surface area contributed by atoms with E-state index >= 15 is 0 Å². The summed E-state index contributed by atoms with van der Waals surface area (Å²) in [6.07, 6.45) is -3.99. The summed E-state index contributed by atoms with van der Waals surface area (Å²) < 4.78 is 42.9. The van der Waals surface area contributed by atoms with Crippen LogP contribution in [0.3, 0.4) is 0 Å². The van der Waals surface area contributed by atoms with Gasteiger partial charge in [-0.1, -0.05) is 24.3 Å². The first-order valence-corrected chi connectivity index (χ1v) is 8.74. The first kappa shape index (κ1) is 21.3. The minimum Gasteiger partial charge on any atom is -0.493 e. The maximum Gasteiger partial charge on any atom is 0.416 e. The highest BCUT2D eigenvalue weighted by molar-refractivity contribution is 5.98. The minimum atomic E-state index is -4.37. The molecule has 0 spiro atoms. The van der Waals surface area contributed by atoms with Crippen LogP contribution in [0.4, 0.5) is 13.2 Å². The van der Waals surface area contributed by atoms with Crippen molar-refractivity contribution in [3.63, 3.8) is 0 Å². The van der Waals surface area contributed by atoms with E-state index in [1.54, 1.807) is 31.2 Å². The summed E-state index contributed by atoms with van der Waals surface area (Å²) in [6, 6.07) is 11.5. The number of ether oxygens (including phenoxy) is 1. The van der Waals surface area contributed by atoms with Gasteiger partial charge >= 0.3 is 6.18 Å². The quantitative estimate of drug-likeness (QED) is 0.723. The van der Waals surface area contributed by atoms with Gasteiger partial charge in [0.25, 0.3) is 5.91 Å². The van der Waals surface area contributed by atoms with Crippen molar-refractivity contribution >= 4 is 11.8 Å². The molecule has 0 bridgehead atoms. The Morgan fingerprint density at radius 3 is 2.32 bits per heavy atom. The Bertz CT molecular complexity index is 805. The van der Waals surface area contributed by atoms with Crippen molar-refractivity contribution < 1.29 is 27.5 Å². The monoisotopic (exact) mass is 394 g/mol. The lowest BCUT2D eigenvalue weighted by Crippen LogP contribution is -2.37. The molecular weight excluding hydrogens is 373 g/mol. The molecule has 28 heavy (non-hydrogen) atoms. The lowest BCUT2D eigenvalue weighted by atomic mass is 10.1. The lowest BCUT2D eigenvalue weighted by molar-refractivity contribution is -0.137. The van der Waals surface area contributed by atoms with E-state index in [-0.39, 0.29) is 13.1 Å². The zero-order chi connectivity index (χ0) is 20.6. The molecule has 2 aromatic carbocycles. The molecule has 0 fully saturated rings. The van der Waals surface area contributed by atoms with E-state index in [0.29, 0.717) is 29.9 Å². The molecule has 0 atom stereocenters. The summed E-state index contributed by atoms with van der Waals surface area (Å²) in [6.45, 7) is 2.25. The maximum atomic E-state index is 12.5. The summed E-state index contributed by atoms with van der Waals surface area (Å²) in [5.41, 5.74) is 0.292. The number of amides is 2. The average Bonchev–Trinajstić information content (AvgIpc) is 2.66. The molecule has 0 saturated heterocycles. The molecule has 0 radical (unpaired) electrons. The molecule has 2 N–H and O–H groups in total. The third kappa shape index (κ3) is 6.29. The van der Waals surface area contributed by atoms with Gasteiger partial charge in [-0.15, -0.1) is 0 Å². The molecule has 8 heteroatoms. The van der Waals surface area contributed by atoms with Crippen LogP contribution < -0.4 is 15.4 Å². The fraction of sp³-hybridized carbons (Fsp3) is 0.300. The van der Waals surface area contributed by atoms with Crippen LogP contribution in [0, 0.1) is 0 Å². The van der Waals surface area contributed by atoms with Crippen molar-refractivity contribution in [1.29, 1.82) is 0 Å². The molecule has 0 aromatic heterocycles. The molecule has 0 saturated carbocycles. The number of para-hydroxylation sites is 1. The summed E-state index contributed by atoms with van der Waals surface area (Å²) in [5.74, 6) is -0.388. The predicted molar refractivity (Wildman–Crippen MR) is 98.1 cm³/mol. The van der Waals surface area contributed by atoms with Crippen LogP contribution in [0.5, 0.6) is 5.75 Å². The number of rotatable bonds is 8. The normalized spacial score (nSPS) is 11.0. The van der Waals surface area contributed by atoms with Crippen molar-refractivity contribution in [2.24, 2.45) is 0 Å². The number of nitrogens with one attached hydrogen (secondary N) is 2. The van der Waals surface area contributed by atoms with E-state index < -0.39 is 23.6 Å². The zero-order valence-corrected chi connectivity index (χ0v) is 15.3. The molecule has 0 heterocycles. The summed E-state index contributed by atoms with van der Waals surface area (Å²) >= 11 is 0. The number of hydrogen-bond donors (Lipinski definition) is 2. The molecule has 0 unspecified atom stereocenters. The molecule has 5 nitrogen and oxygen atoms in total. The van der Waals surface area contributed by atoms with Gasteiger partial charge in [-0.2, -0.15) is 13.2 Å². The number of alkyl halides is 3. The van der Waals surface area contributed by atoms with Crippen LogP contribution in [-0.4, -0.2) is 31.5 Å². The van der Waals surface area contributed by atoms with Crippen molar-refractivity contribution in [2.75, 3.05) is 19.7 Å². The van der Waals surface area contributed by atoms with Gasteiger partial charge in [0.15, 0.2) is 0 Å². The maximum absolute atomic E-state index is 12.5. The van der Waals surface area contributed by atoms with Crippen LogP contribution in [0.15, 0.2) is 48.5 Å². The first-order chi connectivity index (χ1) is 13.3. The number of benzene rings is 2. The molecule has 2 aromatic rings. The lowest BCUT2D eigenvalue weighted by Gasteiger charge is -2.11. The Labute approximate surface area is 160 Å². The highest BCUT2D eigenvalue weighted by Crippen LogP contribution is 2.29. The third-order valence-electron chi connectivity index (χ3n) is 3.86. The van der Waals surface area contributed by atoms with E-state index in [1.807, 2.05) is 0 Å². The van der Waals surface area contributed by atoms with Crippen LogP contribution in [-0.2, 0) is 17.4 Å². The molecule has 150 valence electrons. The Morgan fingerprint density at radius 1 is 1.00 bits per heavy atom. The van der Waals surface area contributed by atoms with Crippen LogP contribution in [0.2, 0.25) is 0 Å². The van der Waals surface area contributed by atoms with Gasteiger partial charge < -0.3 is 15.4 Å². The SMILES string of the molecule is CCOc1ccccc1C(=O)NCC(=O)NCCc1ccc(C(F)(F)F)cc1. The van der Waals surface area contributed by atoms with Gasteiger partial charge in [-0.3, -0.25) is 9.59 Å². The second-order valence-electron chi connectivity index (χ2n) is 5.91. The summed E-state index contributed by atoms with van der Waals surface area (Å²) in [4.78, 5) is 24.0. The second-order valence-corrected chi connectivity index (χ2v) is 5.91. The number of carbonyl (C=O) groups excluding carboxylic acids is 2. The van der Waals surface area contributed by atoms with Gasteiger partial charge in [0.1, 0.15) is 5.75 Å². The van der Waals surface area contributed by atoms with E-state index in [1.165, 1.54) is 12.1 Å². The zero-order valence-electron chi connectivity index (χ0n) is 15.3. The van der Waals surface area contributed by atoms with Gasteiger partial charge in [-0.25, -0.2) is 0 Å². The predicted octanol–water partition coefficient (Wildman–Crippen LogP) is 3.19. The second kappa shape index (κ2) is 9.77. The van der Waals surface area contributed by atoms with Gasteiger partial charge in [-0.05, 0) is 43.2 Å². The molecule has 0 aliphatic heterocycles. The largest absolute Gasteiger partial charge is 0.493 e. The van der Waals surface area contributed by atoms with Crippen LogP contribution >= 0.6 is 0 Å². The summed E-state index contributed by atoms with van der Waals surface area (Å²) in [7, 11) is 0. The molecular formula is C20H21F3N2O3. The van der Waals surface area contributed by atoms with E-state index in [4.69, 9.17) is 4.74 Å².